The minimum absolute atomic E-state index is 0. The van der Waals surface area contributed by atoms with E-state index in [1.165, 1.54) is 0 Å². The summed E-state index contributed by atoms with van der Waals surface area (Å²) in [5.41, 5.74) is 6.31. The second-order valence-electron chi connectivity index (χ2n) is 4.39. The van der Waals surface area contributed by atoms with Crippen molar-refractivity contribution in [3.05, 3.63) is 22.4 Å². The van der Waals surface area contributed by atoms with Gasteiger partial charge in [0.1, 0.15) is 0 Å². The SMILES string of the molecule is Cl.NCCN1CCC(NC(=O)c2ccsc2)CC1. The number of nitrogens with two attached hydrogens (primary N) is 1. The zero-order valence-electron chi connectivity index (χ0n) is 10.3. The molecule has 1 aromatic heterocycles. The van der Waals surface area contributed by atoms with Gasteiger partial charge in [0.15, 0.2) is 0 Å². The molecular formula is C12H20ClN3OS. The van der Waals surface area contributed by atoms with E-state index in [1.54, 1.807) is 11.3 Å². The van der Waals surface area contributed by atoms with Crippen LogP contribution in [0.2, 0.25) is 0 Å². The number of carbonyl (C=O) groups excluding carboxylic acids is 1. The highest BCUT2D eigenvalue weighted by Gasteiger charge is 2.20. The van der Waals surface area contributed by atoms with Crippen molar-refractivity contribution in [3.63, 3.8) is 0 Å². The first-order valence-electron chi connectivity index (χ1n) is 6.05. The second kappa shape index (κ2) is 7.74. The lowest BCUT2D eigenvalue weighted by molar-refractivity contribution is 0.0912. The number of hydrogen-bond donors (Lipinski definition) is 2. The average Bonchev–Trinajstić information content (AvgIpc) is 2.86. The van der Waals surface area contributed by atoms with Crippen molar-refractivity contribution in [2.45, 2.75) is 18.9 Å². The van der Waals surface area contributed by atoms with Gasteiger partial charge in [0.25, 0.3) is 5.91 Å². The van der Waals surface area contributed by atoms with E-state index in [0.717, 1.165) is 38.0 Å². The number of nitrogens with one attached hydrogen (secondary N) is 1. The molecule has 1 aliphatic rings. The van der Waals surface area contributed by atoms with Gasteiger partial charge in [-0.05, 0) is 24.3 Å². The molecule has 0 unspecified atom stereocenters. The molecule has 6 heteroatoms. The van der Waals surface area contributed by atoms with E-state index in [2.05, 4.69) is 10.2 Å². The van der Waals surface area contributed by atoms with Gasteiger partial charge in [-0.1, -0.05) is 0 Å². The molecule has 0 saturated carbocycles. The summed E-state index contributed by atoms with van der Waals surface area (Å²) >= 11 is 1.55. The van der Waals surface area contributed by atoms with Crippen molar-refractivity contribution in [1.82, 2.24) is 10.2 Å². The van der Waals surface area contributed by atoms with Crippen molar-refractivity contribution < 1.29 is 4.79 Å². The van der Waals surface area contributed by atoms with Crippen LogP contribution in [-0.4, -0.2) is 43.0 Å². The molecule has 4 nitrogen and oxygen atoms in total. The molecule has 2 rings (SSSR count). The predicted molar refractivity (Wildman–Crippen MR) is 77.5 cm³/mol. The van der Waals surface area contributed by atoms with Crippen LogP contribution < -0.4 is 11.1 Å². The summed E-state index contributed by atoms with van der Waals surface area (Å²) in [4.78, 5) is 14.2. The maximum absolute atomic E-state index is 11.8. The molecular weight excluding hydrogens is 270 g/mol. The first kappa shape index (κ1) is 15.4. The van der Waals surface area contributed by atoms with Crippen molar-refractivity contribution in [1.29, 1.82) is 0 Å². The second-order valence-corrected chi connectivity index (χ2v) is 5.17. The fraction of sp³-hybridized carbons (Fsp3) is 0.583. The van der Waals surface area contributed by atoms with E-state index in [-0.39, 0.29) is 18.3 Å². The summed E-state index contributed by atoms with van der Waals surface area (Å²) in [6.45, 7) is 3.74. The fourth-order valence-corrected chi connectivity index (χ4v) is 2.78. The Kier molecular flexibility index (Phi) is 6.63. The summed E-state index contributed by atoms with van der Waals surface area (Å²) in [6.07, 6.45) is 2.05. The Morgan fingerprint density at radius 2 is 2.22 bits per heavy atom. The van der Waals surface area contributed by atoms with Crippen molar-refractivity contribution in [2.24, 2.45) is 5.73 Å². The number of nitrogens with zero attached hydrogens (tertiary/aromatic N) is 1. The van der Waals surface area contributed by atoms with Crippen LogP contribution >= 0.6 is 23.7 Å². The lowest BCUT2D eigenvalue weighted by atomic mass is 10.0. The Morgan fingerprint density at radius 1 is 1.50 bits per heavy atom. The molecule has 3 N–H and O–H groups in total. The third-order valence-electron chi connectivity index (χ3n) is 3.15. The number of halogens is 1. The zero-order chi connectivity index (χ0) is 12.1. The van der Waals surface area contributed by atoms with Crippen LogP contribution in [0.1, 0.15) is 23.2 Å². The quantitative estimate of drug-likeness (QED) is 0.879. The third kappa shape index (κ3) is 4.24. The number of hydrogen-bond acceptors (Lipinski definition) is 4. The normalized spacial score (nSPS) is 17.2. The number of carbonyl (C=O) groups is 1. The molecule has 0 atom stereocenters. The minimum atomic E-state index is 0. The first-order chi connectivity index (χ1) is 8.29. The van der Waals surface area contributed by atoms with Crippen LogP contribution in [0.25, 0.3) is 0 Å². The average molecular weight is 290 g/mol. The molecule has 0 spiro atoms. The van der Waals surface area contributed by atoms with E-state index in [9.17, 15) is 4.79 Å². The van der Waals surface area contributed by atoms with Crippen LogP contribution in [0.3, 0.4) is 0 Å². The summed E-state index contributed by atoms with van der Waals surface area (Å²) < 4.78 is 0. The minimum Gasteiger partial charge on any atom is -0.349 e. The van der Waals surface area contributed by atoms with Gasteiger partial charge in [0, 0.05) is 43.2 Å². The van der Waals surface area contributed by atoms with Crippen LogP contribution in [0, 0.1) is 0 Å². The van der Waals surface area contributed by atoms with E-state index < -0.39 is 0 Å². The zero-order valence-corrected chi connectivity index (χ0v) is 11.9. The molecule has 0 bridgehead atoms. The predicted octanol–water partition coefficient (Wildman–Crippen LogP) is 1.32. The van der Waals surface area contributed by atoms with E-state index in [0.29, 0.717) is 12.6 Å². The van der Waals surface area contributed by atoms with Crippen molar-refractivity contribution >= 4 is 29.7 Å². The Morgan fingerprint density at radius 3 is 2.78 bits per heavy atom. The van der Waals surface area contributed by atoms with Crippen LogP contribution in [0.15, 0.2) is 16.8 Å². The molecule has 1 amide bonds. The van der Waals surface area contributed by atoms with Gasteiger partial charge in [-0.15, -0.1) is 12.4 Å². The smallest absolute Gasteiger partial charge is 0.252 e. The molecule has 18 heavy (non-hydrogen) atoms. The van der Waals surface area contributed by atoms with Gasteiger partial charge in [0.2, 0.25) is 0 Å². The number of thiophene rings is 1. The molecule has 1 saturated heterocycles. The van der Waals surface area contributed by atoms with Crippen molar-refractivity contribution in [3.8, 4) is 0 Å². The molecule has 0 radical (unpaired) electrons. The number of amides is 1. The van der Waals surface area contributed by atoms with Gasteiger partial charge >= 0.3 is 0 Å². The summed E-state index contributed by atoms with van der Waals surface area (Å²) in [6, 6.07) is 2.18. The van der Waals surface area contributed by atoms with E-state index in [1.807, 2.05) is 16.8 Å². The molecule has 2 heterocycles. The number of likely N-dealkylation sites (tertiary alicyclic amines) is 1. The summed E-state index contributed by atoms with van der Waals surface area (Å²) in [5.74, 6) is 0.0588. The summed E-state index contributed by atoms with van der Waals surface area (Å²) in [5, 5.41) is 6.91. The van der Waals surface area contributed by atoms with E-state index >= 15 is 0 Å². The Labute approximate surface area is 118 Å². The van der Waals surface area contributed by atoms with Crippen LogP contribution in [-0.2, 0) is 0 Å². The number of rotatable bonds is 4. The largest absolute Gasteiger partial charge is 0.349 e. The van der Waals surface area contributed by atoms with Gasteiger partial charge < -0.3 is 16.0 Å². The molecule has 0 aromatic carbocycles. The highest BCUT2D eigenvalue weighted by atomic mass is 35.5. The van der Waals surface area contributed by atoms with Gasteiger partial charge in [-0.25, -0.2) is 0 Å². The first-order valence-corrected chi connectivity index (χ1v) is 6.99. The van der Waals surface area contributed by atoms with E-state index in [4.69, 9.17) is 5.73 Å². The van der Waals surface area contributed by atoms with Crippen molar-refractivity contribution in [2.75, 3.05) is 26.2 Å². The number of piperidine rings is 1. The van der Waals surface area contributed by atoms with Gasteiger partial charge in [-0.3, -0.25) is 4.79 Å². The fourth-order valence-electron chi connectivity index (χ4n) is 2.15. The Hall–Kier alpha value is -0.620. The molecule has 102 valence electrons. The lowest BCUT2D eigenvalue weighted by Crippen LogP contribution is -2.45. The molecule has 1 fully saturated rings. The highest BCUT2D eigenvalue weighted by Crippen LogP contribution is 2.12. The van der Waals surface area contributed by atoms with Gasteiger partial charge in [-0.2, -0.15) is 11.3 Å². The maximum Gasteiger partial charge on any atom is 0.252 e. The maximum atomic E-state index is 11.8. The van der Waals surface area contributed by atoms with Crippen LogP contribution in [0.5, 0.6) is 0 Å². The van der Waals surface area contributed by atoms with Crippen LogP contribution in [0.4, 0.5) is 0 Å². The Balaban J connectivity index is 0.00000162. The summed E-state index contributed by atoms with van der Waals surface area (Å²) in [7, 11) is 0. The topological polar surface area (TPSA) is 58.4 Å². The van der Waals surface area contributed by atoms with Gasteiger partial charge in [0.05, 0.1) is 0 Å². The molecule has 1 aliphatic heterocycles. The standard InChI is InChI=1S/C12H19N3OS.ClH/c13-4-7-15-5-1-11(2-6-15)14-12(16)10-3-8-17-9-10;/h3,8-9,11H,1-2,4-7,13H2,(H,14,16);1H. The Bertz CT molecular complexity index is 350. The molecule has 1 aromatic rings. The third-order valence-corrected chi connectivity index (χ3v) is 3.83. The molecule has 0 aliphatic carbocycles. The lowest BCUT2D eigenvalue weighted by Gasteiger charge is -2.31. The monoisotopic (exact) mass is 289 g/mol. The highest BCUT2D eigenvalue weighted by molar-refractivity contribution is 7.08.